The number of halogens is 2. The molecule has 0 fully saturated rings. The van der Waals surface area contributed by atoms with Gasteiger partial charge in [0.25, 0.3) is 0 Å². The highest BCUT2D eigenvalue weighted by Gasteiger charge is 2.15. The van der Waals surface area contributed by atoms with E-state index in [0.29, 0.717) is 37.8 Å². The van der Waals surface area contributed by atoms with Crippen molar-refractivity contribution in [2.75, 3.05) is 19.6 Å². The van der Waals surface area contributed by atoms with Crippen molar-refractivity contribution in [3.05, 3.63) is 48.3 Å². The summed E-state index contributed by atoms with van der Waals surface area (Å²) >= 11 is 0. The van der Waals surface area contributed by atoms with E-state index in [1.165, 1.54) is 6.07 Å². The van der Waals surface area contributed by atoms with Crippen molar-refractivity contribution in [2.45, 2.75) is 39.8 Å². The Kier molecular flexibility index (Phi) is 10.6. The topological polar surface area (TPSA) is 92.6 Å². The lowest BCUT2D eigenvalue weighted by Crippen LogP contribution is -2.42. The summed E-state index contributed by atoms with van der Waals surface area (Å²) < 4.78 is 21.1. The van der Waals surface area contributed by atoms with Gasteiger partial charge in [-0.05, 0) is 45.4 Å². The van der Waals surface area contributed by atoms with Gasteiger partial charge in [-0.25, -0.2) is 19.2 Å². The maximum Gasteiger partial charge on any atom is 0.407 e. The third-order valence-electron chi connectivity index (χ3n) is 3.64. The fourth-order valence-electron chi connectivity index (χ4n) is 2.43. The monoisotopic (exact) mass is 532 g/mol. The van der Waals surface area contributed by atoms with Crippen LogP contribution in [0.15, 0.2) is 41.9 Å². The van der Waals surface area contributed by atoms with Crippen LogP contribution in [-0.2, 0) is 11.3 Å². The largest absolute Gasteiger partial charge is 0.444 e. The van der Waals surface area contributed by atoms with Crippen LogP contribution in [0.2, 0.25) is 0 Å². The van der Waals surface area contributed by atoms with Gasteiger partial charge in [-0.3, -0.25) is 0 Å². The molecule has 166 valence electrons. The number of aliphatic imine (C=N–C) groups is 1. The standard InChI is InChI=1S/C20H29FN6O2.HI/c1-5-23-18(24-8-9-25-19(28)29-20(2,3)4)26-13-15-6-7-17(16(21)12-15)27-11-10-22-14-27;/h6-7,10-12,14H,5,8-9,13H2,1-4H3,(H,25,28)(H2,23,24,26);1H. The predicted octanol–water partition coefficient (Wildman–Crippen LogP) is 3.21. The van der Waals surface area contributed by atoms with E-state index >= 15 is 0 Å². The first kappa shape index (κ1) is 25.7. The number of nitrogens with one attached hydrogen (secondary N) is 3. The first-order chi connectivity index (χ1) is 13.8. The zero-order valence-electron chi connectivity index (χ0n) is 17.7. The second-order valence-corrected chi connectivity index (χ2v) is 7.31. The van der Waals surface area contributed by atoms with Gasteiger partial charge in [-0.2, -0.15) is 0 Å². The minimum Gasteiger partial charge on any atom is -0.444 e. The van der Waals surface area contributed by atoms with Crippen LogP contribution in [0.1, 0.15) is 33.3 Å². The Morgan fingerprint density at radius 1 is 1.23 bits per heavy atom. The lowest BCUT2D eigenvalue weighted by Gasteiger charge is -2.19. The predicted molar refractivity (Wildman–Crippen MR) is 126 cm³/mol. The van der Waals surface area contributed by atoms with E-state index in [1.54, 1.807) is 29.4 Å². The summed E-state index contributed by atoms with van der Waals surface area (Å²) in [6.07, 6.45) is 4.38. The molecule has 2 rings (SSSR count). The summed E-state index contributed by atoms with van der Waals surface area (Å²) in [6, 6.07) is 5.00. The summed E-state index contributed by atoms with van der Waals surface area (Å²) in [6.45, 7) is 9.24. The van der Waals surface area contributed by atoms with Crippen LogP contribution >= 0.6 is 24.0 Å². The van der Waals surface area contributed by atoms with Crippen LogP contribution in [0, 0.1) is 5.82 Å². The number of aromatic nitrogens is 2. The highest BCUT2D eigenvalue weighted by molar-refractivity contribution is 14.0. The number of hydrogen-bond donors (Lipinski definition) is 3. The normalized spacial score (nSPS) is 11.4. The molecule has 3 N–H and O–H groups in total. The van der Waals surface area contributed by atoms with Crippen LogP contribution in [0.4, 0.5) is 9.18 Å². The van der Waals surface area contributed by atoms with Crippen LogP contribution in [0.3, 0.4) is 0 Å². The second kappa shape index (κ2) is 12.4. The van der Waals surface area contributed by atoms with E-state index in [1.807, 2.05) is 33.8 Å². The highest BCUT2D eigenvalue weighted by Crippen LogP contribution is 2.15. The van der Waals surface area contributed by atoms with E-state index < -0.39 is 11.7 Å². The van der Waals surface area contributed by atoms with Gasteiger partial charge in [-0.1, -0.05) is 6.07 Å². The van der Waals surface area contributed by atoms with E-state index in [0.717, 1.165) is 5.56 Å². The number of hydrogen-bond acceptors (Lipinski definition) is 4. The molecule has 1 amide bonds. The van der Waals surface area contributed by atoms with Crippen LogP contribution in [-0.4, -0.2) is 46.8 Å². The zero-order chi connectivity index (χ0) is 21.3. The van der Waals surface area contributed by atoms with Gasteiger partial charge in [0.2, 0.25) is 0 Å². The van der Waals surface area contributed by atoms with Crippen molar-refractivity contribution in [3.8, 4) is 5.69 Å². The highest BCUT2D eigenvalue weighted by atomic mass is 127. The van der Waals surface area contributed by atoms with E-state index in [2.05, 4.69) is 25.9 Å². The Morgan fingerprint density at radius 2 is 1.97 bits per heavy atom. The van der Waals surface area contributed by atoms with E-state index in [-0.39, 0.29) is 29.8 Å². The average Bonchev–Trinajstić information content (AvgIpc) is 3.16. The lowest BCUT2D eigenvalue weighted by atomic mass is 10.2. The first-order valence-corrected chi connectivity index (χ1v) is 9.54. The summed E-state index contributed by atoms with van der Waals surface area (Å²) in [5.74, 6) is 0.243. The van der Waals surface area contributed by atoms with Gasteiger partial charge < -0.3 is 25.3 Å². The molecule has 0 saturated heterocycles. The van der Waals surface area contributed by atoms with Gasteiger partial charge in [-0.15, -0.1) is 24.0 Å². The van der Waals surface area contributed by atoms with Gasteiger partial charge in [0.05, 0.1) is 18.6 Å². The smallest absolute Gasteiger partial charge is 0.407 e. The van der Waals surface area contributed by atoms with Crippen molar-refractivity contribution in [3.63, 3.8) is 0 Å². The van der Waals surface area contributed by atoms with Crippen molar-refractivity contribution in [1.29, 1.82) is 0 Å². The van der Waals surface area contributed by atoms with Crippen LogP contribution in [0.5, 0.6) is 0 Å². The average molecular weight is 532 g/mol. The third kappa shape index (κ3) is 8.97. The number of imidazole rings is 1. The zero-order valence-corrected chi connectivity index (χ0v) is 20.1. The van der Waals surface area contributed by atoms with Gasteiger partial charge in [0, 0.05) is 32.0 Å². The van der Waals surface area contributed by atoms with Crippen molar-refractivity contribution >= 4 is 36.0 Å². The Morgan fingerprint density at radius 3 is 2.57 bits per heavy atom. The molecule has 1 aromatic carbocycles. The molecule has 0 unspecified atom stereocenters. The molecule has 0 saturated carbocycles. The van der Waals surface area contributed by atoms with Gasteiger partial charge >= 0.3 is 6.09 Å². The number of ether oxygens (including phenoxy) is 1. The number of rotatable bonds is 7. The molecular formula is C20H30FIN6O2. The number of alkyl carbamates (subject to hydrolysis) is 1. The quantitative estimate of drug-likeness (QED) is 0.221. The Balaban J connectivity index is 0.00000450. The van der Waals surface area contributed by atoms with Crippen molar-refractivity contribution in [1.82, 2.24) is 25.5 Å². The summed E-state index contributed by atoms with van der Waals surface area (Å²) in [5, 5.41) is 8.91. The Hall–Kier alpha value is -2.37. The SMILES string of the molecule is CCNC(=NCc1ccc(-n2ccnc2)c(F)c1)NCCNC(=O)OC(C)(C)C.I. The molecule has 0 spiro atoms. The third-order valence-corrected chi connectivity index (χ3v) is 3.64. The van der Waals surface area contributed by atoms with Crippen molar-refractivity contribution < 1.29 is 13.9 Å². The van der Waals surface area contributed by atoms with Gasteiger partial charge in [0.1, 0.15) is 11.4 Å². The molecular weight excluding hydrogens is 502 g/mol. The fraction of sp³-hybridized carbons (Fsp3) is 0.450. The van der Waals surface area contributed by atoms with E-state index in [4.69, 9.17) is 4.74 Å². The maximum absolute atomic E-state index is 14.3. The van der Waals surface area contributed by atoms with E-state index in [9.17, 15) is 9.18 Å². The molecule has 8 nitrogen and oxygen atoms in total. The van der Waals surface area contributed by atoms with Crippen molar-refractivity contribution in [2.24, 2.45) is 4.99 Å². The number of amides is 1. The number of benzene rings is 1. The molecule has 1 heterocycles. The molecule has 10 heteroatoms. The number of nitrogens with zero attached hydrogens (tertiary/aromatic N) is 3. The molecule has 0 radical (unpaired) electrons. The Labute approximate surface area is 193 Å². The minimum absolute atomic E-state index is 0. The molecule has 30 heavy (non-hydrogen) atoms. The molecule has 1 aromatic heterocycles. The maximum atomic E-state index is 14.3. The first-order valence-electron chi connectivity index (χ1n) is 9.54. The summed E-state index contributed by atoms with van der Waals surface area (Å²) in [5.41, 5.74) is 0.653. The second-order valence-electron chi connectivity index (χ2n) is 7.31. The van der Waals surface area contributed by atoms with Crippen LogP contribution in [0.25, 0.3) is 5.69 Å². The molecule has 0 aliphatic rings. The number of carbonyl (C=O) groups is 1. The lowest BCUT2D eigenvalue weighted by molar-refractivity contribution is 0.0529. The molecule has 2 aromatic rings. The molecule has 0 bridgehead atoms. The minimum atomic E-state index is -0.531. The fourth-order valence-corrected chi connectivity index (χ4v) is 2.43. The summed E-state index contributed by atoms with van der Waals surface area (Å²) in [7, 11) is 0. The molecule has 0 aliphatic carbocycles. The molecule has 0 atom stereocenters. The summed E-state index contributed by atoms with van der Waals surface area (Å²) in [4.78, 5) is 20.0. The Bertz CT molecular complexity index is 821. The number of carbonyl (C=O) groups excluding carboxylic acids is 1. The van der Waals surface area contributed by atoms with Crippen LogP contribution < -0.4 is 16.0 Å². The van der Waals surface area contributed by atoms with Gasteiger partial charge in [0.15, 0.2) is 5.96 Å². The number of guanidine groups is 1. The molecule has 0 aliphatic heterocycles.